The van der Waals surface area contributed by atoms with Crippen molar-refractivity contribution in [3.8, 4) is 5.75 Å². The zero-order valence-electron chi connectivity index (χ0n) is 7.95. The van der Waals surface area contributed by atoms with Gasteiger partial charge < -0.3 is 15.7 Å². The highest BCUT2D eigenvalue weighted by Crippen LogP contribution is 2.31. The molecule has 1 atom stereocenters. The Morgan fingerprint density at radius 3 is 2.80 bits per heavy atom. The smallest absolute Gasteiger partial charge is 0.180 e. The van der Waals surface area contributed by atoms with Gasteiger partial charge in [0, 0.05) is 0 Å². The Kier molecular flexibility index (Phi) is 4.05. The van der Waals surface area contributed by atoms with Crippen molar-refractivity contribution in [1.29, 1.82) is 0 Å². The lowest BCUT2D eigenvalue weighted by molar-refractivity contribution is 0.266. The van der Waals surface area contributed by atoms with Crippen molar-refractivity contribution in [3.63, 3.8) is 0 Å². The summed E-state index contributed by atoms with van der Waals surface area (Å²) < 4.78 is 5.35. The molecule has 4 nitrogen and oxygen atoms in total. The van der Waals surface area contributed by atoms with Crippen molar-refractivity contribution >= 4 is 29.0 Å². The van der Waals surface area contributed by atoms with Gasteiger partial charge in [-0.15, -0.1) is 0 Å². The molecule has 0 aromatic heterocycles. The summed E-state index contributed by atoms with van der Waals surface area (Å²) in [5.74, 6) is 0.356. The molecule has 6 heteroatoms. The Morgan fingerprint density at radius 1 is 1.53 bits per heavy atom. The van der Waals surface area contributed by atoms with Crippen molar-refractivity contribution in [2.24, 2.45) is 10.9 Å². The zero-order chi connectivity index (χ0) is 11.4. The summed E-state index contributed by atoms with van der Waals surface area (Å²) in [6.45, 7) is 1.63. The van der Waals surface area contributed by atoms with Gasteiger partial charge in [0.15, 0.2) is 11.9 Å². The molecule has 1 unspecified atom stereocenters. The van der Waals surface area contributed by atoms with Crippen LogP contribution in [0.5, 0.6) is 5.75 Å². The third kappa shape index (κ3) is 2.91. The highest BCUT2D eigenvalue weighted by molar-refractivity contribution is 6.42. The van der Waals surface area contributed by atoms with E-state index in [2.05, 4.69) is 5.16 Å². The average molecular weight is 249 g/mol. The van der Waals surface area contributed by atoms with Crippen LogP contribution in [0.2, 0.25) is 10.0 Å². The first-order chi connectivity index (χ1) is 7.06. The van der Waals surface area contributed by atoms with Crippen molar-refractivity contribution in [2.75, 3.05) is 0 Å². The molecule has 0 spiro atoms. The minimum Gasteiger partial charge on any atom is -0.481 e. The predicted octanol–water partition coefficient (Wildman–Crippen LogP) is 2.51. The fourth-order valence-electron chi connectivity index (χ4n) is 0.907. The van der Waals surface area contributed by atoms with Gasteiger partial charge in [0.2, 0.25) is 0 Å². The molecular formula is C9H10Cl2N2O2. The molecule has 0 aliphatic carbocycles. The van der Waals surface area contributed by atoms with Crippen LogP contribution in [0.4, 0.5) is 0 Å². The third-order valence-electron chi connectivity index (χ3n) is 1.75. The van der Waals surface area contributed by atoms with Gasteiger partial charge >= 0.3 is 0 Å². The van der Waals surface area contributed by atoms with E-state index in [1.54, 1.807) is 25.1 Å². The van der Waals surface area contributed by atoms with Crippen molar-refractivity contribution < 1.29 is 9.94 Å². The fraction of sp³-hybridized carbons (Fsp3) is 0.222. The average Bonchev–Trinajstić information content (AvgIpc) is 2.23. The third-order valence-corrected chi connectivity index (χ3v) is 2.55. The monoisotopic (exact) mass is 248 g/mol. The van der Waals surface area contributed by atoms with Crippen LogP contribution in [0.3, 0.4) is 0 Å². The fourth-order valence-corrected chi connectivity index (χ4v) is 1.24. The molecule has 1 rings (SSSR count). The summed E-state index contributed by atoms with van der Waals surface area (Å²) in [6.07, 6.45) is -0.578. The number of benzene rings is 1. The van der Waals surface area contributed by atoms with Gasteiger partial charge in [0.25, 0.3) is 0 Å². The molecule has 0 aliphatic heterocycles. The van der Waals surface area contributed by atoms with E-state index in [0.717, 1.165) is 0 Å². The molecule has 0 aliphatic rings. The number of oxime groups is 1. The van der Waals surface area contributed by atoms with E-state index >= 15 is 0 Å². The second-order valence-corrected chi connectivity index (χ2v) is 3.62. The highest BCUT2D eigenvalue weighted by Gasteiger charge is 2.12. The molecule has 0 saturated carbocycles. The Balaban J connectivity index is 2.86. The van der Waals surface area contributed by atoms with Gasteiger partial charge in [0.05, 0.1) is 5.02 Å². The Bertz CT molecular complexity index is 382. The number of nitrogens with zero attached hydrogens (tertiary/aromatic N) is 1. The second kappa shape index (κ2) is 5.09. The SMILES string of the molecule is CC(Oc1cccc(Cl)c1Cl)C(N)=NO. The summed E-state index contributed by atoms with van der Waals surface area (Å²) in [4.78, 5) is 0. The molecule has 82 valence electrons. The Labute approximate surface area is 97.2 Å². The Hall–Kier alpha value is -1.13. The largest absolute Gasteiger partial charge is 0.481 e. The zero-order valence-corrected chi connectivity index (χ0v) is 9.46. The Morgan fingerprint density at radius 2 is 2.20 bits per heavy atom. The quantitative estimate of drug-likeness (QED) is 0.374. The first kappa shape index (κ1) is 11.9. The number of rotatable bonds is 3. The molecule has 0 bridgehead atoms. The molecule has 0 radical (unpaired) electrons. The standard InChI is InChI=1S/C9H10Cl2N2O2/c1-5(9(12)13-14)15-7-4-2-3-6(10)8(7)11/h2-5,14H,1H3,(H2,12,13). The topological polar surface area (TPSA) is 67.8 Å². The summed E-state index contributed by atoms with van der Waals surface area (Å²) in [5.41, 5.74) is 5.35. The van der Waals surface area contributed by atoms with Gasteiger partial charge in [-0.25, -0.2) is 0 Å². The number of hydrogen-bond donors (Lipinski definition) is 2. The van der Waals surface area contributed by atoms with Crippen LogP contribution in [0.25, 0.3) is 0 Å². The normalized spacial score (nSPS) is 13.7. The molecule has 0 amide bonds. The van der Waals surface area contributed by atoms with Crippen LogP contribution in [-0.4, -0.2) is 17.1 Å². The lowest BCUT2D eigenvalue weighted by Gasteiger charge is -2.14. The van der Waals surface area contributed by atoms with Crippen LogP contribution in [0, 0.1) is 0 Å². The van der Waals surface area contributed by atoms with Crippen LogP contribution in [0.1, 0.15) is 6.92 Å². The number of ether oxygens (including phenoxy) is 1. The summed E-state index contributed by atoms with van der Waals surface area (Å²) in [5, 5.41) is 12.0. The van der Waals surface area contributed by atoms with Crippen LogP contribution in [-0.2, 0) is 0 Å². The molecule has 0 heterocycles. The van der Waals surface area contributed by atoms with Gasteiger partial charge in [-0.1, -0.05) is 34.4 Å². The van der Waals surface area contributed by atoms with E-state index in [9.17, 15) is 0 Å². The molecule has 1 aromatic carbocycles. The predicted molar refractivity (Wildman–Crippen MR) is 60.0 cm³/mol. The van der Waals surface area contributed by atoms with E-state index < -0.39 is 6.10 Å². The van der Waals surface area contributed by atoms with Gasteiger partial charge in [0.1, 0.15) is 10.8 Å². The molecule has 1 aromatic rings. The first-order valence-corrected chi connectivity index (χ1v) is 4.90. The molecule has 0 saturated heterocycles. The van der Waals surface area contributed by atoms with E-state index in [0.29, 0.717) is 15.8 Å². The summed E-state index contributed by atoms with van der Waals surface area (Å²) >= 11 is 11.7. The van der Waals surface area contributed by atoms with Crippen molar-refractivity contribution in [3.05, 3.63) is 28.2 Å². The minimum atomic E-state index is -0.578. The summed E-state index contributed by atoms with van der Waals surface area (Å²) in [7, 11) is 0. The molecule has 3 N–H and O–H groups in total. The minimum absolute atomic E-state index is 0.0361. The molecule has 15 heavy (non-hydrogen) atoms. The first-order valence-electron chi connectivity index (χ1n) is 4.14. The molecular weight excluding hydrogens is 239 g/mol. The maximum absolute atomic E-state index is 8.43. The van der Waals surface area contributed by atoms with Crippen molar-refractivity contribution in [2.45, 2.75) is 13.0 Å². The van der Waals surface area contributed by atoms with E-state index in [1.165, 1.54) is 0 Å². The maximum atomic E-state index is 8.43. The van der Waals surface area contributed by atoms with Crippen LogP contribution < -0.4 is 10.5 Å². The van der Waals surface area contributed by atoms with Gasteiger partial charge in [-0.3, -0.25) is 0 Å². The van der Waals surface area contributed by atoms with Crippen molar-refractivity contribution in [1.82, 2.24) is 0 Å². The molecule has 0 fully saturated rings. The number of amidine groups is 1. The number of nitrogens with two attached hydrogens (primary N) is 1. The highest BCUT2D eigenvalue weighted by atomic mass is 35.5. The van der Waals surface area contributed by atoms with Crippen LogP contribution in [0.15, 0.2) is 23.4 Å². The van der Waals surface area contributed by atoms with E-state index in [4.69, 9.17) is 38.9 Å². The van der Waals surface area contributed by atoms with Crippen LogP contribution >= 0.6 is 23.2 Å². The number of hydrogen-bond acceptors (Lipinski definition) is 3. The van der Waals surface area contributed by atoms with Gasteiger partial charge in [-0.05, 0) is 19.1 Å². The van der Waals surface area contributed by atoms with E-state index in [-0.39, 0.29) is 5.84 Å². The van der Waals surface area contributed by atoms with Gasteiger partial charge in [-0.2, -0.15) is 0 Å². The lowest BCUT2D eigenvalue weighted by Crippen LogP contribution is -2.31. The van der Waals surface area contributed by atoms with E-state index in [1.807, 2.05) is 0 Å². The number of halogens is 2. The second-order valence-electron chi connectivity index (χ2n) is 2.84. The lowest BCUT2D eigenvalue weighted by atomic mass is 10.3. The summed E-state index contributed by atoms with van der Waals surface area (Å²) in [6, 6.07) is 4.99. The maximum Gasteiger partial charge on any atom is 0.180 e.